The van der Waals surface area contributed by atoms with Gasteiger partial charge in [-0.3, -0.25) is 9.59 Å². The SMILES string of the molecule is CCOc1ccc(C(=O)NCC(=O)N2CCC(NS(=O)(=O)c3cccs3)CC2)cc1. The molecule has 1 aromatic heterocycles. The molecule has 2 aromatic rings. The second-order valence-corrected chi connectivity index (χ2v) is 9.74. The van der Waals surface area contributed by atoms with Crippen LogP contribution < -0.4 is 14.8 Å². The van der Waals surface area contributed by atoms with Crippen LogP contribution in [-0.2, 0) is 14.8 Å². The molecule has 0 unspecified atom stereocenters. The van der Waals surface area contributed by atoms with Gasteiger partial charge in [-0.05, 0) is 55.5 Å². The summed E-state index contributed by atoms with van der Waals surface area (Å²) in [4.78, 5) is 26.3. The van der Waals surface area contributed by atoms with E-state index in [0.717, 1.165) is 0 Å². The minimum atomic E-state index is -3.51. The van der Waals surface area contributed by atoms with E-state index in [0.29, 0.717) is 43.9 Å². The molecular weight excluding hydrogens is 426 g/mol. The molecule has 1 saturated heterocycles. The van der Waals surface area contributed by atoms with E-state index in [9.17, 15) is 18.0 Å². The van der Waals surface area contributed by atoms with Crippen LogP contribution in [0.3, 0.4) is 0 Å². The van der Waals surface area contributed by atoms with Gasteiger partial charge in [-0.2, -0.15) is 0 Å². The Morgan fingerprint density at radius 1 is 1.17 bits per heavy atom. The van der Waals surface area contributed by atoms with E-state index in [1.807, 2.05) is 6.92 Å². The number of nitrogens with zero attached hydrogens (tertiary/aromatic N) is 1. The molecule has 1 aliphatic heterocycles. The molecule has 2 N–H and O–H groups in total. The molecule has 0 spiro atoms. The van der Waals surface area contributed by atoms with Gasteiger partial charge in [-0.25, -0.2) is 13.1 Å². The standard InChI is InChI=1S/C20H25N3O5S2/c1-2-28-17-7-5-15(6-8-17)20(25)21-14-18(24)23-11-9-16(10-12-23)22-30(26,27)19-4-3-13-29-19/h3-8,13,16,22H,2,9-12,14H2,1H3,(H,21,25). The lowest BCUT2D eigenvalue weighted by Gasteiger charge is -2.32. The number of carbonyl (C=O) groups is 2. The molecule has 2 heterocycles. The highest BCUT2D eigenvalue weighted by Gasteiger charge is 2.27. The number of rotatable bonds is 8. The van der Waals surface area contributed by atoms with Gasteiger partial charge in [0.25, 0.3) is 5.91 Å². The van der Waals surface area contributed by atoms with Gasteiger partial charge in [0.15, 0.2) is 0 Å². The minimum absolute atomic E-state index is 0.0996. The van der Waals surface area contributed by atoms with Crippen LogP contribution >= 0.6 is 11.3 Å². The van der Waals surface area contributed by atoms with Crippen LogP contribution in [0.25, 0.3) is 0 Å². The number of likely N-dealkylation sites (tertiary alicyclic amines) is 1. The zero-order chi connectivity index (χ0) is 21.6. The van der Waals surface area contributed by atoms with Gasteiger partial charge in [-0.15, -0.1) is 11.3 Å². The van der Waals surface area contributed by atoms with Gasteiger partial charge >= 0.3 is 0 Å². The summed E-state index contributed by atoms with van der Waals surface area (Å²) >= 11 is 1.17. The minimum Gasteiger partial charge on any atom is -0.494 e. The predicted octanol–water partition coefficient (Wildman–Crippen LogP) is 1.85. The van der Waals surface area contributed by atoms with Gasteiger partial charge in [0.05, 0.1) is 13.2 Å². The first kappa shape index (κ1) is 22.3. The fraction of sp³-hybridized carbons (Fsp3) is 0.400. The first-order valence-corrected chi connectivity index (χ1v) is 12.1. The van der Waals surface area contributed by atoms with Gasteiger partial charge in [-0.1, -0.05) is 6.07 Å². The molecule has 0 atom stereocenters. The fourth-order valence-electron chi connectivity index (χ4n) is 3.18. The molecule has 2 amide bonds. The maximum absolute atomic E-state index is 12.4. The van der Waals surface area contributed by atoms with Crippen molar-refractivity contribution in [2.45, 2.75) is 30.0 Å². The van der Waals surface area contributed by atoms with Crippen molar-refractivity contribution in [3.05, 3.63) is 47.3 Å². The quantitative estimate of drug-likeness (QED) is 0.637. The number of nitrogens with one attached hydrogen (secondary N) is 2. The lowest BCUT2D eigenvalue weighted by atomic mass is 10.1. The number of piperidine rings is 1. The summed E-state index contributed by atoms with van der Waals surface area (Å²) in [5.41, 5.74) is 0.452. The van der Waals surface area contributed by atoms with Crippen molar-refractivity contribution in [1.82, 2.24) is 14.9 Å². The van der Waals surface area contributed by atoms with E-state index < -0.39 is 10.0 Å². The van der Waals surface area contributed by atoms with Crippen LogP contribution in [0.15, 0.2) is 46.0 Å². The molecule has 0 saturated carbocycles. The van der Waals surface area contributed by atoms with Crippen LogP contribution in [0.2, 0.25) is 0 Å². The van der Waals surface area contributed by atoms with Crippen LogP contribution in [0, 0.1) is 0 Å². The van der Waals surface area contributed by atoms with Crippen LogP contribution in [-0.4, -0.2) is 57.4 Å². The normalized spacial score (nSPS) is 15.0. The van der Waals surface area contributed by atoms with Crippen LogP contribution in [0.5, 0.6) is 5.75 Å². The third-order valence-electron chi connectivity index (χ3n) is 4.76. The Hall–Kier alpha value is -2.43. The third-order valence-corrected chi connectivity index (χ3v) is 7.68. The van der Waals surface area contributed by atoms with Crippen molar-refractivity contribution < 1.29 is 22.7 Å². The molecule has 1 aromatic carbocycles. The molecule has 0 radical (unpaired) electrons. The summed E-state index contributed by atoms with van der Waals surface area (Å²) in [5.74, 6) is 0.168. The predicted molar refractivity (Wildman–Crippen MR) is 114 cm³/mol. The summed E-state index contributed by atoms with van der Waals surface area (Å²) < 4.78 is 33.0. The van der Waals surface area contributed by atoms with E-state index in [1.165, 1.54) is 11.3 Å². The monoisotopic (exact) mass is 451 g/mol. The van der Waals surface area contributed by atoms with Crippen molar-refractivity contribution in [3.8, 4) is 5.75 Å². The fourth-order valence-corrected chi connectivity index (χ4v) is 5.49. The Bertz CT molecular complexity index is 951. The van der Waals surface area contributed by atoms with Crippen LogP contribution in [0.4, 0.5) is 0 Å². The number of amides is 2. The Balaban J connectivity index is 1.43. The summed E-state index contributed by atoms with van der Waals surface area (Å²) in [5, 5.41) is 4.35. The van der Waals surface area contributed by atoms with Crippen molar-refractivity contribution in [2.75, 3.05) is 26.2 Å². The third kappa shape index (κ3) is 5.80. The first-order chi connectivity index (χ1) is 14.4. The molecular formula is C20H25N3O5S2. The highest BCUT2D eigenvalue weighted by molar-refractivity contribution is 7.91. The topological polar surface area (TPSA) is 105 Å². The van der Waals surface area contributed by atoms with Crippen molar-refractivity contribution in [1.29, 1.82) is 0 Å². The molecule has 1 aliphatic rings. The zero-order valence-electron chi connectivity index (χ0n) is 16.7. The lowest BCUT2D eigenvalue weighted by Crippen LogP contribution is -2.48. The van der Waals surface area contributed by atoms with Gasteiger partial charge in [0.1, 0.15) is 9.96 Å². The van der Waals surface area contributed by atoms with Gasteiger partial charge in [0, 0.05) is 24.7 Å². The average Bonchev–Trinajstić information content (AvgIpc) is 3.29. The Morgan fingerprint density at radius 3 is 2.47 bits per heavy atom. The number of ether oxygens (including phenoxy) is 1. The summed E-state index contributed by atoms with van der Waals surface area (Å²) in [6.45, 7) is 3.21. The lowest BCUT2D eigenvalue weighted by molar-refractivity contribution is -0.131. The Labute approximate surface area is 180 Å². The molecule has 0 bridgehead atoms. The van der Waals surface area contributed by atoms with Crippen molar-refractivity contribution in [2.24, 2.45) is 0 Å². The number of carbonyl (C=O) groups excluding carboxylic acids is 2. The maximum Gasteiger partial charge on any atom is 0.251 e. The first-order valence-electron chi connectivity index (χ1n) is 9.73. The second kappa shape index (κ2) is 10.1. The van der Waals surface area contributed by atoms with Gasteiger partial charge in [0.2, 0.25) is 15.9 Å². The number of hydrogen-bond donors (Lipinski definition) is 2. The Kier molecular flexibility index (Phi) is 7.46. The molecule has 30 heavy (non-hydrogen) atoms. The molecule has 10 heteroatoms. The summed E-state index contributed by atoms with van der Waals surface area (Å²) in [7, 11) is -3.51. The van der Waals surface area contributed by atoms with E-state index in [4.69, 9.17) is 4.74 Å². The average molecular weight is 452 g/mol. The molecule has 1 fully saturated rings. The summed E-state index contributed by atoms with van der Waals surface area (Å²) in [6, 6.07) is 9.77. The number of hydrogen-bond acceptors (Lipinski definition) is 6. The summed E-state index contributed by atoms with van der Waals surface area (Å²) in [6.07, 6.45) is 1.06. The molecule has 8 nitrogen and oxygen atoms in total. The number of sulfonamides is 1. The van der Waals surface area contributed by atoms with Crippen molar-refractivity contribution >= 4 is 33.2 Å². The highest BCUT2D eigenvalue weighted by Crippen LogP contribution is 2.19. The van der Waals surface area contributed by atoms with E-state index in [-0.39, 0.29) is 28.6 Å². The second-order valence-electron chi connectivity index (χ2n) is 6.85. The van der Waals surface area contributed by atoms with E-state index >= 15 is 0 Å². The van der Waals surface area contributed by atoms with E-state index in [1.54, 1.807) is 46.7 Å². The number of benzene rings is 1. The number of thiophene rings is 1. The van der Waals surface area contributed by atoms with Crippen molar-refractivity contribution in [3.63, 3.8) is 0 Å². The Morgan fingerprint density at radius 2 is 1.87 bits per heavy atom. The zero-order valence-corrected chi connectivity index (χ0v) is 18.3. The molecule has 162 valence electrons. The van der Waals surface area contributed by atoms with Gasteiger partial charge < -0.3 is 15.0 Å². The highest BCUT2D eigenvalue weighted by atomic mass is 32.2. The maximum atomic E-state index is 12.4. The van der Waals surface area contributed by atoms with E-state index in [2.05, 4.69) is 10.0 Å². The van der Waals surface area contributed by atoms with Crippen LogP contribution in [0.1, 0.15) is 30.1 Å². The largest absolute Gasteiger partial charge is 0.494 e. The smallest absolute Gasteiger partial charge is 0.251 e. The molecule has 0 aliphatic carbocycles. The molecule has 3 rings (SSSR count).